The van der Waals surface area contributed by atoms with E-state index in [0.29, 0.717) is 12.2 Å². The summed E-state index contributed by atoms with van der Waals surface area (Å²) in [4.78, 5) is 9.67. The fraction of sp³-hybridized carbons (Fsp3) is 0.700. The maximum Gasteiger partial charge on any atom is 0.154 e. The van der Waals surface area contributed by atoms with Gasteiger partial charge >= 0.3 is 0 Å². The highest BCUT2D eigenvalue weighted by Gasteiger charge is 2.25. The average molecular weight is 358 g/mol. The lowest BCUT2D eigenvalue weighted by Crippen LogP contribution is -2.46. The number of anilines is 1. The number of piperidine rings is 1. The summed E-state index contributed by atoms with van der Waals surface area (Å²) in [6.07, 6.45) is 8.34. The van der Waals surface area contributed by atoms with Gasteiger partial charge in [0.25, 0.3) is 0 Å². The van der Waals surface area contributed by atoms with Crippen molar-refractivity contribution in [2.75, 3.05) is 37.6 Å². The quantitative estimate of drug-likeness (QED) is 0.842. The van der Waals surface area contributed by atoms with Crippen LogP contribution >= 0.6 is 0 Å². The SMILES string of the molecule is Cc1cc2c(N3CCC(CCN4CC(C)OC(C)C4)CC3)nccn2n1. The van der Waals surface area contributed by atoms with Gasteiger partial charge in [-0.2, -0.15) is 5.10 Å². The number of rotatable bonds is 4. The molecule has 0 N–H and O–H groups in total. The maximum absolute atomic E-state index is 5.85. The van der Waals surface area contributed by atoms with E-state index < -0.39 is 0 Å². The van der Waals surface area contributed by atoms with Gasteiger partial charge in [-0.25, -0.2) is 9.50 Å². The molecule has 0 bridgehead atoms. The van der Waals surface area contributed by atoms with Crippen molar-refractivity contribution in [3.63, 3.8) is 0 Å². The third-order valence-corrected chi connectivity index (χ3v) is 5.75. The molecule has 0 spiro atoms. The van der Waals surface area contributed by atoms with E-state index in [0.717, 1.165) is 49.1 Å². The monoisotopic (exact) mass is 357 g/mol. The van der Waals surface area contributed by atoms with Crippen molar-refractivity contribution in [3.05, 3.63) is 24.2 Å². The molecule has 2 aliphatic heterocycles. The van der Waals surface area contributed by atoms with Crippen LogP contribution in [0.4, 0.5) is 5.82 Å². The fourth-order valence-electron chi connectivity index (χ4n) is 4.54. The lowest BCUT2D eigenvalue weighted by molar-refractivity contribution is -0.0690. The summed E-state index contributed by atoms with van der Waals surface area (Å²) in [6.45, 7) is 12.0. The lowest BCUT2D eigenvalue weighted by atomic mass is 9.93. The van der Waals surface area contributed by atoms with E-state index in [4.69, 9.17) is 4.74 Å². The minimum Gasteiger partial charge on any atom is -0.373 e. The first-order valence-corrected chi connectivity index (χ1v) is 10.0. The molecule has 4 heterocycles. The minimum atomic E-state index is 0.367. The zero-order valence-corrected chi connectivity index (χ0v) is 16.3. The summed E-state index contributed by atoms with van der Waals surface area (Å²) in [5, 5.41) is 4.51. The highest BCUT2D eigenvalue weighted by molar-refractivity contribution is 5.69. The molecule has 4 rings (SSSR count). The predicted molar refractivity (Wildman–Crippen MR) is 104 cm³/mol. The number of hydrogen-bond acceptors (Lipinski definition) is 5. The zero-order chi connectivity index (χ0) is 18.1. The Morgan fingerprint density at radius 1 is 1.15 bits per heavy atom. The topological polar surface area (TPSA) is 45.9 Å². The molecule has 26 heavy (non-hydrogen) atoms. The summed E-state index contributed by atoms with van der Waals surface area (Å²) in [7, 11) is 0. The molecule has 2 aromatic rings. The number of aryl methyl sites for hydroxylation is 1. The molecule has 0 radical (unpaired) electrons. The summed E-state index contributed by atoms with van der Waals surface area (Å²) in [5.41, 5.74) is 2.17. The maximum atomic E-state index is 5.85. The Balaban J connectivity index is 1.31. The van der Waals surface area contributed by atoms with Crippen LogP contribution in [0.15, 0.2) is 18.5 Å². The van der Waals surface area contributed by atoms with Crippen LogP contribution in [0.5, 0.6) is 0 Å². The van der Waals surface area contributed by atoms with E-state index >= 15 is 0 Å². The van der Waals surface area contributed by atoms with Crippen LogP contribution in [0.2, 0.25) is 0 Å². The van der Waals surface area contributed by atoms with Crippen LogP contribution in [0, 0.1) is 12.8 Å². The van der Waals surface area contributed by atoms with Crippen LogP contribution in [0.1, 0.15) is 38.8 Å². The molecule has 0 saturated carbocycles. The number of hydrogen-bond donors (Lipinski definition) is 0. The van der Waals surface area contributed by atoms with Crippen molar-refractivity contribution < 1.29 is 4.74 Å². The number of ether oxygens (including phenoxy) is 1. The molecule has 2 aliphatic rings. The predicted octanol–water partition coefficient (Wildman–Crippen LogP) is 2.75. The van der Waals surface area contributed by atoms with E-state index in [-0.39, 0.29) is 0 Å². The summed E-state index contributed by atoms with van der Waals surface area (Å²) < 4.78 is 7.79. The zero-order valence-electron chi connectivity index (χ0n) is 16.3. The normalized spacial score (nSPS) is 25.9. The third-order valence-electron chi connectivity index (χ3n) is 5.75. The average Bonchev–Trinajstić information content (AvgIpc) is 3.00. The molecule has 0 aromatic carbocycles. The van der Waals surface area contributed by atoms with E-state index in [1.807, 2.05) is 23.8 Å². The van der Waals surface area contributed by atoms with Crippen molar-refractivity contribution in [2.24, 2.45) is 5.92 Å². The molecule has 6 heteroatoms. The smallest absolute Gasteiger partial charge is 0.154 e. The summed E-state index contributed by atoms with van der Waals surface area (Å²) in [5.74, 6) is 1.91. The Hall–Kier alpha value is -1.66. The van der Waals surface area contributed by atoms with Gasteiger partial charge in [-0.15, -0.1) is 0 Å². The number of nitrogens with zero attached hydrogens (tertiary/aromatic N) is 5. The molecular weight excluding hydrogens is 326 g/mol. The molecule has 2 atom stereocenters. The van der Waals surface area contributed by atoms with Gasteiger partial charge in [0.15, 0.2) is 5.82 Å². The van der Waals surface area contributed by atoms with Crippen molar-refractivity contribution in [1.29, 1.82) is 0 Å². The first kappa shape index (κ1) is 17.7. The molecule has 0 aliphatic carbocycles. The molecule has 6 nitrogen and oxygen atoms in total. The van der Waals surface area contributed by atoms with Gasteiger partial charge in [0.05, 0.1) is 17.9 Å². The van der Waals surface area contributed by atoms with Gasteiger partial charge in [0, 0.05) is 38.6 Å². The number of aromatic nitrogens is 3. The lowest BCUT2D eigenvalue weighted by Gasteiger charge is -2.37. The van der Waals surface area contributed by atoms with Gasteiger partial charge in [0.1, 0.15) is 5.52 Å². The molecule has 2 saturated heterocycles. The third kappa shape index (κ3) is 3.86. The van der Waals surface area contributed by atoms with E-state index in [1.54, 1.807) is 0 Å². The second-order valence-electron chi connectivity index (χ2n) is 8.10. The first-order valence-electron chi connectivity index (χ1n) is 10.0. The Morgan fingerprint density at radius 3 is 2.62 bits per heavy atom. The Kier molecular flexibility index (Phi) is 5.14. The molecule has 2 unspecified atom stereocenters. The van der Waals surface area contributed by atoms with E-state index in [1.165, 1.54) is 25.8 Å². The fourth-order valence-corrected chi connectivity index (χ4v) is 4.54. The second-order valence-corrected chi connectivity index (χ2v) is 8.10. The van der Waals surface area contributed by atoms with Crippen molar-refractivity contribution in [3.8, 4) is 0 Å². The second kappa shape index (κ2) is 7.53. The summed E-state index contributed by atoms with van der Waals surface area (Å²) in [6, 6.07) is 2.13. The number of morpholine rings is 1. The van der Waals surface area contributed by atoms with Gasteiger partial charge < -0.3 is 9.64 Å². The van der Waals surface area contributed by atoms with Gasteiger partial charge in [-0.3, -0.25) is 4.90 Å². The molecular formula is C20H31N5O. The Labute approximate surface area is 156 Å². The Morgan fingerprint density at radius 2 is 1.88 bits per heavy atom. The number of fused-ring (bicyclic) bond motifs is 1. The van der Waals surface area contributed by atoms with Crippen molar-refractivity contribution in [1.82, 2.24) is 19.5 Å². The van der Waals surface area contributed by atoms with E-state index in [9.17, 15) is 0 Å². The van der Waals surface area contributed by atoms with Crippen LogP contribution < -0.4 is 4.90 Å². The largest absolute Gasteiger partial charge is 0.373 e. The minimum absolute atomic E-state index is 0.367. The van der Waals surface area contributed by atoms with Crippen molar-refractivity contribution in [2.45, 2.75) is 52.2 Å². The Bertz CT molecular complexity index is 727. The molecule has 2 aromatic heterocycles. The first-order chi connectivity index (χ1) is 12.6. The van der Waals surface area contributed by atoms with Crippen LogP contribution in [0.3, 0.4) is 0 Å². The molecule has 0 amide bonds. The molecule has 142 valence electrons. The highest BCUT2D eigenvalue weighted by Crippen LogP contribution is 2.27. The van der Waals surface area contributed by atoms with Crippen LogP contribution in [-0.4, -0.2) is 64.4 Å². The van der Waals surface area contributed by atoms with E-state index in [2.05, 4.69) is 39.8 Å². The van der Waals surface area contributed by atoms with Crippen LogP contribution in [-0.2, 0) is 4.74 Å². The van der Waals surface area contributed by atoms with Crippen LogP contribution in [0.25, 0.3) is 5.52 Å². The van der Waals surface area contributed by atoms with Crippen molar-refractivity contribution >= 4 is 11.3 Å². The highest BCUT2D eigenvalue weighted by atomic mass is 16.5. The standard InChI is InChI=1S/C20H31N5O/c1-15-12-19-20(21-7-11-25(19)22-15)24-9-5-18(6-10-24)4-8-23-13-16(2)26-17(3)14-23/h7,11-12,16-18H,4-6,8-10,13-14H2,1-3H3. The van der Waals surface area contributed by atoms with Gasteiger partial charge in [-0.1, -0.05) is 0 Å². The van der Waals surface area contributed by atoms with Gasteiger partial charge in [-0.05, 0) is 58.6 Å². The molecule has 2 fully saturated rings. The summed E-state index contributed by atoms with van der Waals surface area (Å²) >= 11 is 0. The van der Waals surface area contributed by atoms with Gasteiger partial charge in [0.2, 0.25) is 0 Å².